The Hall–Kier alpha value is -3.94. The highest BCUT2D eigenvalue weighted by atomic mass is 16.5. The number of nitrogens with one attached hydrogen (secondary N) is 1. The van der Waals surface area contributed by atoms with Crippen molar-refractivity contribution in [1.29, 1.82) is 0 Å². The number of nitrogens with zero attached hydrogens (tertiary/aromatic N) is 2. The van der Waals surface area contributed by atoms with Crippen molar-refractivity contribution in [2.75, 3.05) is 26.3 Å². The maximum Gasteiger partial charge on any atom is 0.335 e. The monoisotopic (exact) mass is 455 g/mol. The largest absolute Gasteiger partial charge is 0.494 e. The van der Waals surface area contributed by atoms with E-state index in [0.29, 0.717) is 22.2 Å². The molecule has 172 valence electrons. The third-order valence-electron chi connectivity index (χ3n) is 6.00. The first-order valence-corrected chi connectivity index (χ1v) is 11.2. The Labute approximate surface area is 197 Å². The zero-order valence-electron chi connectivity index (χ0n) is 18.6. The molecule has 0 saturated carbocycles. The molecule has 0 amide bonds. The van der Waals surface area contributed by atoms with Crippen LogP contribution in [-0.2, 0) is 11.3 Å². The number of aromatic hydroxyl groups is 1. The highest BCUT2D eigenvalue weighted by Gasteiger charge is 2.20. The topological polar surface area (TPSA) is 98.2 Å². The van der Waals surface area contributed by atoms with Crippen LogP contribution in [0.15, 0.2) is 77.8 Å². The van der Waals surface area contributed by atoms with Gasteiger partial charge in [-0.2, -0.15) is 0 Å². The van der Waals surface area contributed by atoms with E-state index in [1.165, 1.54) is 17.7 Å². The third kappa shape index (κ3) is 4.57. The van der Waals surface area contributed by atoms with Gasteiger partial charge in [-0.15, -0.1) is 0 Å². The van der Waals surface area contributed by atoms with Crippen LogP contribution in [0, 0.1) is 0 Å². The first kappa shape index (κ1) is 21.9. The van der Waals surface area contributed by atoms with Crippen LogP contribution in [0.25, 0.3) is 10.9 Å². The maximum absolute atomic E-state index is 11.4. The summed E-state index contributed by atoms with van der Waals surface area (Å²) in [5.74, 6) is -1.07. The number of morpholine rings is 1. The average molecular weight is 456 g/mol. The number of benzene rings is 3. The van der Waals surface area contributed by atoms with E-state index in [0.717, 1.165) is 44.1 Å². The number of H-pyrrole nitrogens is 1. The summed E-state index contributed by atoms with van der Waals surface area (Å²) in [5, 5.41) is 20.8. The van der Waals surface area contributed by atoms with E-state index in [4.69, 9.17) is 9.73 Å². The molecular weight excluding hydrogens is 430 g/mol. The van der Waals surface area contributed by atoms with E-state index in [9.17, 15) is 15.0 Å². The molecule has 2 heterocycles. The molecule has 4 aromatic rings. The lowest BCUT2D eigenvalue weighted by Crippen LogP contribution is -2.35. The molecule has 34 heavy (non-hydrogen) atoms. The standard InChI is InChI=1S/C27H25N3O4/c31-26-24(22-11-8-20(27(32)33)16-23(22)29-26)25(19-4-2-1-3-5-19)28-21-9-6-18(7-10-21)17-30-12-14-34-15-13-30/h1-11,16,29,31H,12-15,17H2,(H,32,33). The van der Waals surface area contributed by atoms with E-state index in [1.807, 2.05) is 42.5 Å². The number of aromatic amines is 1. The quantitative estimate of drug-likeness (QED) is 0.370. The molecular formula is C27H25N3O4. The van der Waals surface area contributed by atoms with Crippen molar-refractivity contribution in [3.05, 3.63) is 95.1 Å². The fourth-order valence-corrected chi connectivity index (χ4v) is 4.24. The van der Waals surface area contributed by atoms with E-state index in [1.54, 1.807) is 6.07 Å². The van der Waals surface area contributed by atoms with Crippen LogP contribution < -0.4 is 0 Å². The first-order valence-electron chi connectivity index (χ1n) is 11.2. The highest BCUT2D eigenvalue weighted by Crippen LogP contribution is 2.32. The molecule has 0 radical (unpaired) electrons. The van der Waals surface area contributed by atoms with Gasteiger partial charge in [-0.05, 0) is 29.8 Å². The van der Waals surface area contributed by atoms with Gasteiger partial charge in [0.1, 0.15) is 0 Å². The van der Waals surface area contributed by atoms with Gasteiger partial charge < -0.3 is 19.9 Å². The Bertz CT molecular complexity index is 1340. The van der Waals surface area contributed by atoms with Crippen LogP contribution in [-0.4, -0.2) is 58.1 Å². The summed E-state index contributed by atoms with van der Waals surface area (Å²) in [6.07, 6.45) is 0. The molecule has 1 saturated heterocycles. The third-order valence-corrected chi connectivity index (χ3v) is 6.00. The number of hydrogen-bond acceptors (Lipinski definition) is 5. The van der Waals surface area contributed by atoms with Crippen molar-refractivity contribution in [3.63, 3.8) is 0 Å². The second-order valence-electron chi connectivity index (χ2n) is 8.30. The second kappa shape index (κ2) is 9.51. The van der Waals surface area contributed by atoms with Crippen molar-refractivity contribution in [3.8, 4) is 5.88 Å². The molecule has 0 aliphatic carbocycles. The van der Waals surface area contributed by atoms with Crippen molar-refractivity contribution < 1.29 is 19.7 Å². The van der Waals surface area contributed by atoms with Gasteiger partial charge in [0, 0.05) is 36.1 Å². The summed E-state index contributed by atoms with van der Waals surface area (Å²) in [6.45, 7) is 4.27. The molecule has 0 bridgehead atoms. The average Bonchev–Trinajstić information content (AvgIpc) is 3.19. The summed E-state index contributed by atoms with van der Waals surface area (Å²) in [7, 11) is 0. The normalized spacial score (nSPS) is 15.0. The molecule has 1 aliphatic heterocycles. The van der Waals surface area contributed by atoms with Crippen LogP contribution in [0.3, 0.4) is 0 Å². The number of ether oxygens (including phenoxy) is 1. The van der Waals surface area contributed by atoms with Crippen molar-refractivity contribution in [2.24, 2.45) is 4.99 Å². The molecule has 7 nitrogen and oxygen atoms in total. The van der Waals surface area contributed by atoms with Crippen molar-refractivity contribution >= 4 is 28.3 Å². The van der Waals surface area contributed by atoms with E-state index in [-0.39, 0.29) is 11.4 Å². The van der Waals surface area contributed by atoms with Crippen LogP contribution >= 0.6 is 0 Å². The molecule has 1 fully saturated rings. The van der Waals surface area contributed by atoms with Gasteiger partial charge in [0.15, 0.2) is 5.88 Å². The summed E-state index contributed by atoms with van der Waals surface area (Å²) >= 11 is 0. The summed E-state index contributed by atoms with van der Waals surface area (Å²) in [6, 6.07) is 22.5. The second-order valence-corrected chi connectivity index (χ2v) is 8.30. The maximum atomic E-state index is 11.4. The highest BCUT2D eigenvalue weighted by molar-refractivity contribution is 6.22. The number of fused-ring (bicyclic) bond motifs is 1. The number of aromatic nitrogens is 1. The van der Waals surface area contributed by atoms with Gasteiger partial charge in [-0.25, -0.2) is 9.79 Å². The summed E-state index contributed by atoms with van der Waals surface area (Å²) in [4.78, 5) is 21.6. The fourth-order valence-electron chi connectivity index (χ4n) is 4.24. The number of aliphatic imine (C=N–C) groups is 1. The predicted octanol–water partition coefficient (Wildman–Crippen LogP) is 4.57. The Balaban J connectivity index is 1.54. The molecule has 1 aliphatic rings. The van der Waals surface area contributed by atoms with Gasteiger partial charge in [-0.1, -0.05) is 48.5 Å². The zero-order chi connectivity index (χ0) is 23.5. The minimum Gasteiger partial charge on any atom is -0.494 e. The van der Waals surface area contributed by atoms with Gasteiger partial charge >= 0.3 is 5.97 Å². The lowest BCUT2D eigenvalue weighted by Gasteiger charge is -2.26. The molecule has 5 rings (SSSR count). The van der Waals surface area contributed by atoms with Crippen LogP contribution in [0.1, 0.15) is 27.0 Å². The predicted molar refractivity (Wildman–Crippen MR) is 131 cm³/mol. The minimum atomic E-state index is -1.02. The molecule has 1 aromatic heterocycles. The number of hydrogen-bond donors (Lipinski definition) is 3. The van der Waals surface area contributed by atoms with Gasteiger partial charge in [0.05, 0.1) is 35.7 Å². The lowest BCUT2D eigenvalue weighted by atomic mass is 10.00. The van der Waals surface area contributed by atoms with Gasteiger partial charge in [0.2, 0.25) is 0 Å². The number of carboxylic acid groups (broad SMARTS) is 1. The Kier molecular flexibility index (Phi) is 6.12. The molecule has 0 atom stereocenters. The molecule has 0 unspecified atom stereocenters. The fraction of sp³-hybridized carbons (Fsp3) is 0.185. The number of carbonyl (C=O) groups is 1. The summed E-state index contributed by atoms with van der Waals surface area (Å²) in [5.41, 5.74) is 4.65. The number of aromatic carboxylic acids is 1. The number of rotatable bonds is 6. The van der Waals surface area contributed by atoms with Crippen LogP contribution in [0.2, 0.25) is 0 Å². The minimum absolute atomic E-state index is 0.0518. The van der Waals surface area contributed by atoms with Crippen molar-refractivity contribution in [1.82, 2.24) is 9.88 Å². The van der Waals surface area contributed by atoms with Crippen LogP contribution in [0.4, 0.5) is 5.69 Å². The van der Waals surface area contributed by atoms with Crippen LogP contribution in [0.5, 0.6) is 5.88 Å². The Morgan fingerprint density at radius 1 is 0.971 bits per heavy atom. The lowest BCUT2D eigenvalue weighted by molar-refractivity contribution is 0.0342. The number of carboxylic acids is 1. The van der Waals surface area contributed by atoms with E-state index in [2.05, 4.69) is 22.0 Å². The molecule has 7 heteroatoms. The molecule has 3 N–H and O–H groups in total. The first-order chi connectivity index (χ1) is 16.6. The Morgan fingerprint density at radius 2 is 1.71 bits per heavy atom. The Morgan fingerprint density at radius 3 is 2.41 bits per heavy atom. The zero-order valence-corrected chi connectivity index (χ0v) is 18.6. The smallest absolute Gasteiger partial charge is 0.335 e. The van der Waals surface area contributed by atoms with Gasteiger partial charge in [0.25, 0.3) is 0 Å². The van der Waals surface area contributed by atoms with Crippen molar-refractivity contribution in [2.45, 2.75) is 6.54 Å². The molecule has 3 aromatic carbocycles. The SMILES string of the molecule is O=C(O)c1ccc2c(C(=Nc3ccc(CN4CCOCC4)cc3)c3ccccc3)c(O)[nH]c2c1. The molecule has 0 spiro atoms. The van der Waals surface area contributed by atoms with Gasteiger partial charge in [-0.3, -0.25) is 4.90 Å². The van der Waals surface area contributed by atoms with E-state index >= 15 is 0 Å². The van der Waals surface area contributed by atoms with E-state index < -0.39 is 5.97 Å². The summed E-state index contributed by atoms with van der Waals surface area (Å²) < 4.78 is 5.42.